The molecule has 0 unspecified atom stereocenters. The van der Waals surface area contributed by atoms with E-state index in [0.29, 0.717) is 0 Å². The van der Waals surface area contributed by atoms with Gasteiger partial charge in [-0.05, 0) is 26.3 Å². The van der Waals surface area contributed by atoms with Crippen molar-refractivity contribution in [3.8, 4) is 0 Å². The number of nitrogens with one attached hydrogen (secondary N) is 1. The Bertz CT molecular complexity index is 166. The van der Waals surface area contributed by atoms with Crippen LogP contribution in [0.4, 0.5) is 0 Å². The van der Waals surface area contributed by atoms with Gasteiger partial charge in [-0.2, -0.15) is 0 Å². The maximum Gasteiger partial charge on any atom is 0.334 e. The second-order valence-corrected chi connectivity index (χ2v) is 3.27. The Hall–Kier alpha value is -0.610. The molecule has 0 saturated carbocycles. The van der Waals surface area contributed by atoms with Gasteiger partial charge >= 0.3 is 5.97 Å². The number of carbonyl (C=O) groups is 1. The second-order valence-electron chi connectivity index (χ2n) is 3.27. The molecule has 4 nitrogen and oxygen atoms in total. The maximum absolute atomic E-state index is 11.0. The Morgan fingerprint density at radius 2 is 2.38 bits per heavy atom. The maximum atomic E-state index is 11.0. The van der Waals surface area contributed by atoms with Crippen LogP contribution in [0.2, 0.25) is 0 Å². The molecule has 13 heavy (non-hydrogen) atoms. The van der Waals surface area contributed by atoms with Crippen molar-refractivity contribution in [3.63, 3.8) is 0 Å². The van der Waals surface area contributed by atoms with Crippen molar-refractivity contribution in [3.05, 3.63) is 0 Å². The minimum absolute atomic E-state index is 0.155. The first-order valence-electron chi connectivity index (χ1n) is 4.68. The van der Waals surface area contributed by atoms with Gasteiger partial charge in [-0.25, -0.2) is 4.79 Å². The van der Waals surface area contributed by atoms with Crippen LogP contribution < -0.4 is 5.32 Å². The summed E-state index contributed by atoms with van der Waals surface area (Å²) < 4.78 is 10.1. The third kappa shape index (κ3) is 3.32. The lowest BCUT2D eigenvalue weighted by atomic mass is 10.1. The topological polar surface area (TPSA) is 47.6 Å². The van der Waals surface area contributed by atoms with E-state index in [-0.39, 0.29) is 12.1 Å². The van der Waals surface area contributed by atoms with Crippen molar-refractivity contribution in [2.45, 2.75) is 32.0 Å². The molecule has 0 aromatic carbocycles. The zero-order valence-electron chi connectivity index (χ0n) is 8.21. The van der Waals surface area contributed by atoms with Crippen molar-refractivity contribution in [2.75, 3.05) is 20.2 Å². The molecule has 0 amide bonds. The Kier molecular flexibility index (Phi) is 4.18. The summed E-state index contributed by atoms with van der Waals surface area (Å²) in [5.41, 5.74) is 0. The summed E-state index contributed by atoms with van der Waals surface area (Å²) in [6.45, 7) is 3.61. The van der Waals surface area contributed by atoms with Gasteiger partial charge in [-0.15, -0.1) is 0 Å². The molecule has 1 N–H and O–H groups in total. The fraction of sp³-hybridized carbons (Fsp3) is 0.889. The molecule has 4 heteroatoms. The van der Waals surface area contributed by atoms with E-state index in [1.807, 2.05) is 0 Å². The number of ether oxygens (including phenoxy) is 2. The average Bonchev–Trinajstić information content (AvgIpc) is 2.18. The fourth-order valence-electron chi connectivity index (χ4n) is 1.45. The minimum atomic E-state index is -0.449. The van der Waals surface area contributed by atoms with Gasteiger partial charge in [0.1, 0.15) is 0 Å². The van der Waals surface area contributed by atoms with E-state index in [0.717, 1.165) is 25.9 Å². The van der Waals surface area contributed by atoms with Crippen LogP contribution in [0.3, 0.4) is 0 Å². The highest BCUT2D eigenvalue weighted by molar-refractivity contribution is 5.73. The van der Waals surface area contributed by atoms with Crippen LogP contribution in [0, 0.1) is 0 Å². The van der Waals surface area contributed by atoms with Gasteiger partial charge in [0.15, 0.2) is 6.10 Å². The predicted molar refractivity (Wildman–Crippen MR) is 48.5 cm³/mol. The van der Waals surface area contributed by atoms with E-state index in [9.17, 15) is 4.79 Å². The highest BCUT2D eigenvalue weighted by Crippen LogP contribution is 2.09. The van der Waals surface area contributed by atoms with Crippen LogP contribution in [0.1, 0.15) is 19.8 Å². The molecule has 0 radical (unpaired) electrons. The van der Waals surface area contributed by atoms with E-state index in [4.69, 9.17) is 4.74 Å². The van der Waals surface area contributed by atoms with Gasteiger partial charge in [0.2, 0.25) is 0 Å². The zero-order valence-corrected chi connectivity index (χ0v) is 8.21. The predicted octanol–water partition coefficient (Wildman–Crippen LogP) is 0.316. The summed E-state index contributed by atoms with van der Waals surface area (Å²) >= 11 is 0. The number of esters is 1. The van der Waals surface area contributed by atoms with Crippen LogP contribution in [0.25, 0.3) is 0 Å². The van der Waals surface area contributed by atoms with Crippen molar-refractivity contribution in [1.82, 2.24) is 5.32 Å². The summed E-state index contributed by atoms with van der Waals surface area (Å²) in [4.78, 5) is 11.0. The molecule has 1 heterocycles. The molecule has 1 saturated heterocycles. The monoisotopic (exact) mass is 187 g/mol. The van der Waals surface area contributed by atoms with Crippen LogP contribution in [-0.4, -0.2) is 38.4 Å². The molecule has 0 bridgehead atoms. The zero-order chi connectivity index (χ0) is 9.68. The second kappa shape index (κ2) is 5.19. The smallest absolute Gasteiger partial charge is 0.334 e. The molecule has 1 fully saturated rings. The number of hydrogen-bond donors (Lipinski definition) is 1. The van der Waals surface area contributed by atoms with Crippen LogP contribution in [0.15, 0.2) is 0 Å². The van der Waals surface area contributed by atoms with Crippen LogP contribution in [0.5, 0.6) is 0 Å². The summed E-state index contributed by atoms with van der Waals surface area (Å²) in [7, 11) is 1.38. The number of carbonyl (C=O) groups excluding carboxylic acids is 1. The Labute approximate surface area is 78.6 Å². The molecular weight excluding hydrogens is 170 g/mol. The first kappa shape index (κ1) is 10.5. The molecule has 0 aliphatic carbocycles. The van der Waals surface area contributed by atoms with E-state index in [1.165, 1.54) is 7.11 Å². The van der Waals surface area contributed by atoms with Gasteiger partial charge in [0.25, 0.3) is 0 Å². The molecule has 0 aromatic rings. The Morgan fingerprint density at radius 1 is 1.62 bits per heavy atom. The molecule has 0 aromatic heterocycles. The van der Waals surface area contributed by atoms with Gasteiger partial charge in [-0.3, -0.25) is 0 Å². The SMILES string of the molecule is COC(=O)[C@@H](C)O[C@H]1CCCNC1. The van der Waals surface area contributed by atoms with Crippen LogP contribution in [-0.2, 0) is 14.3 Å². The highest BCUT2D eigenvalue weighted by atomic mass is 16.6. The lowest BCUT2D eigenvalue weighted by Gasteiger charge is -2.25. The van der Waals surface area contributed by atoms with Gasteiger partial charge in [-0.1, -0.05) is 0 Å². The van der Waals surface area contributed by atoms with E-state index in [1.54, 1.807) is 6.92 Å². The molecular formula is C9H17NO3. The Balaban J connectivity index is 2.25. The number of hydrogen-bond acceptors (Lipinski definition) is 4. The van der Waals surface area contributed by atoms with E-state index in [2.05, 4.69) is 10.1 Å². The van der Waals surface area contributed by atoms with Gasteiger partial charge < -0.3 is 14.8 Å². The summed E-state index contributed by atoms with van der Waals surface area (Å²) in [5.74, 6) is -0.300. The van der Waals surface area contributed by atoms with Gasteiger partial charge in [0, 0.05) is 6.54 Å². The molecule has 1 aliphatic heterocycles. The quantitative estimate of drug-likeness (QED) is 0.646. The minimum Gasteiger partial charge on any atom is -0.467 e. The third-order valence-corrected chi connectivity index (χ3v) is 2.18. The fourth-order valence-corrected chi connectivity index (χ4v) is 1.45. The van der Waals surface area contributed by atoms with E-state index < -0.39 is 6.10 Å². The lowest BCUT2D eigenvalue weighted by molar-refractivity contribution is -0.157. The van der Waals surface area contributed by atoms with Crippen molar-refractivity contribution < 1.29 is 14.3 Å². The third-order valence-electron chi connectivity index (χ3n) is 2.18. The molecule has 0 spiro atoms. The molecule has 1 rings (SSSR count). The van der Waals surface area contributed by atoms with Crippen LogP contribution >= 0.6 is 0 Å². The standard InChI is InChI=1S/C9H17NO3/c1-7(9(11)12-2)13-8-4-3-5-10-6-8/h7-8,10H,3-6H2,1-2H3/t7-,8+/m1/s1. The number of rotatable bonds is 3. The molecule has 2 atom stereocenters. The normalized spacial score (nSPS) is 25.2. The highest BCUT2D eigenvalue weighted by Gasteiger charge is 2.20. The first-order chi connectivity index (χ1) is 6.24. The van der Waals surface area contributed by atoms with Crippen molar-refractivity contribution in [1.29, 1.82) is 0 Å². The lowest BCUT2D eigenvalue weighted by Crippen LogP contribution is -2.39. The van der Waals surface area contributed by atoms with Crippen molar-refractivity contribution in [2.24, 2.45) is 0 Å². The van der Waals surface area contributed by atoms with E-state index >= 15 is 0 Å². The summed E-state index contributed by atoms with van der Waals surface area (Å²) in [6.07, 6.45) is 1.84. The Morgan fingerprint density at radius 3 is 2.92 bits per heavy atom. The summed E-state index contributed by atoms with van der Waals surface area (Å²) in [6, 6.07) is 0. The number of methoxy groups -OCH3 is 1. The molecule has 76 valence electrons. The largest absolute Gasteiger partial charge is 0.467 e. The molecule has 1 aliphatic rings. The number of piperidine rings is 1. The van der Waals surface area contributed by atoms with Crippen molar-refractivity contribution >= 4 is 5.97 Å². The van der Waals surface area contributed by atoms with Gasteiger partial charge in [0.05, 0.1) is 13.2 Å². The average molecular weight is 187 g/mol. The summed E-state index contributed by atoms with van der Waals surface area (Å²) in [5, 5.41) is 3.22. The first-order valence-corrected chi connectivity index (χ1v) is 4.68.